The van der Waals surface area contributed by atoms with E-state index in [1.54, 1.807) is 43.3 Å². The van der Waals surface area contributed by atoms with Crippen molar-refractivity contribution in [2.24, 2.45) is 0 Å². The van der Waals surface area contributed by atoms with Gasteiger partial charge in [-0.05, 0) is 55.5 Å². The number of furan rings is 1. The van der Waals surface area contributed by atoms with Crippen LogP contribution in [0.15, 0.2) is 64.6 Å². The van der Waals surface area contributed by atoms with Gasteiger partial charge in [-0.25, -0.2) is 14.5 Å². The summed E-state index contributed by atoms with van der Waals surface area (Å²) in [6, 6.07) is 13.3. The zero-order valence-electron chi connectivity index (χ0n) is 18.7. The zero-order chi connectivity index (χ0) is 25.1. The maximum atomic E-state index is 13.1. The molecule has 0 spiro atoms. The smallest absolute Gasteiger partial charge is 0.338 e. The molecule has 1 aliphatic rings. The third-order valence-corrected chi connectivity index (χ3v) is 5.38. The molecule has 1 fully saturated rings. The second-order valence-corrected chi connectivity index (χ2v) is 7.68. The highest BCUT2D eigenvalue weighted by molar-refractivity contribution is 6.39. The second kappa shape index (κ2) is 9.86. The van der Waals surface area contributed by atoms with Crippen LogP contribution in [0.4, 0.5) is 10.5 Å². The maximum absolute atomic E-state index is 13.1. The van der Waals surface area contributed by atoms with Crippen molar-refractivity contribution in [1.29, 1.82) is 0 Å². The summed E-state index contributed by atoms with van der Waals surface area (Å²) >= 11 is 6.13. The summed E-state index contributed by atoms with van der Waals surface area (Å²) in [5, 5.41) is 2.33. The lowest BCUT2D eigenvalue weighted by Crippen LogP contribution is -2.54. The Kier molecular flexibility index (Phi) is 6.70. The molecule has 3 aromatic rings. The molecule has 4 rings (SSSR count). The maximum Gasteiger partial charge on any atom is 0.338 e. The first-order chi connectivity index (χ1) is 16.8. The van der Waals surface area contributed by atoms with Gasteiger partial charge in [-0.15, -0.1) is 0 Å². The highest BCUT2D eigenvalue weighted by atomic mass is 35.5. The van der Waals surface area contributed by atoms with Crippen molar-refractivity contribution in [1.82, 2.24) is 5.32 Å². The highest BCUT2D eigenvalue weighted by Crippen LogP contribution is 2.31. The number of nitrogens with zero attached hydrogens (tertiary/aromatic N) is 1. The number of nitrogens with one attached hydrogen (secondary N) is 1. The lowest BCUT2D eigenvalue weighted by molar-refractivity contribution is -0.122. The van der Waals surface area contributed by atoms with Crippen molar-refractivity contribution in [3.63, 3.8) is 0 Å². The molecule has 9 nitrogen and oxygen atoms in total. The topological polar surface area (TPSA) is 115 Å². The van der Waals surface area contributed by atoms with Gasteiger partial charge in [0.1, 0.15) is 22.8 Å². The predicted octanol–water partition coefficient (Wildman–Crippen LogP) is 4.45. The summed E-state index contributed by atoms with van der Waals surface area (Å²) in [5.74, 6) is -1.08. The quantitative estimate of drug-likeness (QED) is 0.306. The molecule has 1 aliphatic heterocycles. The average molecular weight is 495 g/mol. The van der Waals surface area contributed by atoms with E-state index < -0.39 is 23.8 Å². The number of esters is 1. The molecule has 0 radical (unpaired) electrons. The molecular weight excluding hydrogens is 476 g/mol. The van der Waals surface area contributed by atoms with E-state index in [0.717, 1.165) is 4.90 Å². The Labute approximate surface area is 204 Å². The number of halogens is 1. The molecule has 2 heterocycles. The van der Waals surface area contributed by atoms with Crippen molar-refractivity contribution in [2.75, 3.05) is 18.6 Å². The molecule has 1 aromatic heterocycles. The van der Waals surface area contributed by atoms with Crippen molar-refractivity contribution >= 4 is 47.2 Å². The summed E-state index contributed by atoms with van der Waals surface area (Å²) in [6.07, 6.45) is 1.25. The molecule has 1 saturated heterocycles. The fourth-order valence-corrected chi connectivity index (χ4v) is 3.65. The number of imide groups is 2. The molecule has 1 N–H and O–H groups in total. The first kappa shape index (κ1) is 23.8. The van der Waals surface area contributed by atoms with Gasteiger partial charge in [0, 0.05) is 5.56 Å². The Hall–Kier alpha value is -4.37. The molecule has 35 heavy (non-hydrogen) atoms. The third-order valence-electron chi connectivity index (χ3n) is 5.09. The number of benzene rings is 2. The van der Waals surface area contributed by atoms with Gasteiger partial charge in [0.25, 0.3) is 11.8 Å². The molecule has 4 amide bonds. The minimum Gasteiger partial charge on any atom is -0.495 e. The van der Waals surface area contributed by atoms with Crippen LogP contribution in [0.2, 0.25) is 5.02 Å². The summed E-state index contributed by atoms with van der Waals surface area (Å²) in [7, 11) is 1.44. The van der Waals surface area contributed by atoms with E-state index in [9.17, 15) is 19.2 Å². The van der Waals surface area contributed by atoms with Crippen LogP contribution < -0.4 is 15.0 Å². The van der Waals surface area contributed by atoms with Gasteiger partial charge in [0.05, 0.1) is 30.0 Å². The Balaban J connectivity index is 1.60. The van der Waals surface area contributed by atoms with Crippen molar-refractivity contribution in [3.8, 4) is 17.1 Å². The SMILES string of the molecule is CCOC(=O)c1ccc(-c2ccc(/C=C3/C(=O)NC(=O)N(c4ccc(OC)c(Cl)c4)C3=O)o2)cc1. The number of urea groups is 1. The van der Waals surface area contributed by atoms with E-state index in [1.807, 2.05) is 0 Å². The molecule has 0 atom stereocenters. The van der Waals surface area contributed by atoms with E-state index >= 15 is 0 Å². The summed E-state index contributed by atoms with van der Waals surface area (Å²) in [4.78, 5) is 50.5. The van der Waals surface area contributed by atoms with E-state index in [4.69, 9.17) is 25.5 Å². The fraction of sp³-hybridized carbons (Fsp3) is 0.120. The number of hydrogen-bond donors (Lipinski definition) is 1. The summed E-state index contributed by atoms with van der Waals surface area (Å²) in [5.41, 5.74) is 0.942. The normalized spacial score (nSPS) is 14.8. The number of barbiturate groups is 1. The predicted molar refractivity (Wildman–Crippen MR) is 127 cm³/mol. The van der Waals surface area contributed by atoms with Crippen LogP contribution in [0.25, 0.3) is 17.4 Å². The Morgan fingerprint density at radius 3 is 2.49 bits per heavy atom. The third kappa shape index (κ3) is 4.80. The van der Waals surface area contributed by atoms with Crippen LogP contribution in [-0.2, 0) is 14.3 Å². The van der Waals surface area contributed by atoms with Gasteiger partial charge in [-0.1, -0.05) is 23.7 Å². The Morgan fingerprint density at radius 1 is 1.09 bits per heavy atom. The molecule has 2 aromatic carbocycles. The van der Waals surface area contributed by atoms with Crippen molar-refractivity contribution in [2.45, 2.75) is 6.92 Å². The fourth-order valence-electron chi connectivity index (χ4n) is 3.40. The second-order valence-electron chi connectivity index (χ2n) is 7.28. The Morgan fingerprint density at radius 2 is 1.83 bits per heavy atom. The van der Waals surface area contributed by atoms with Crippen LogP contribution in [-0.4, -0.2) is 37.5 Å². The van der Waals surface area contributed by atoms with Gasteiger partial charge in [-0.2, -0.15) is 0 Å². The molecular formula is C25H19ClN2O7. The number of carbonyl (C=O) groups excluding carboxylic acids is 4. The summed E-state index contributed by atoms with van der Waals surface area (Å²) < 4.78 is 15.8. The van der Waals surface area contributed by atoms with Gasteiger partial charge < -0.3 is 13.9 Å². The van der Waals surface area contributed by atoms with E-state index in [1.165, 1.54) is 31.4 Å². The van der Waals surface area contributed by atoms with E-state index in [2.05, 4.69) is 5.32 Å². The monoisotopic (exact) mass is 494 g/mol. The number of hydrogen-bond acceptors (Lipinski definition) is 7. The molecule has 0 bridgehead atoms. The first-order valence-electron chi connectivity index (χ1n) is 10.4. The first-order valence-corrected chi connectivity index (χ1v) is 10.8. The van der Waals surface area contributed by atoms with Gasteiger partial charge >= 0.3 is 12.0 Å². The number of carbonyl (C=O) groups is 4. The van der Waals surface area contributed by atoms with Crippen LogP contribution in [0.1, 0.15) is 23.0 Å². The van der Waals surface area contributed by atoms with E-state index in [-0.39, 0.29) is 28.7 Å². The van der Waals surface area contributed by atoms with Crippen LogP contribution in [0.3, 0.4) is 0 Å². The Bertz CT molecular complexity index is 1360. The lowest BCUT2D eigenvalue weighted by atomic mass is 10.1. The van der Waals surface area contributed by atoms with Crippen molar-refractivity contribution < 1.29 is 33.1 Å². The molecule has 0 saturated carbocycles. The number of ether oxygens (including phenoxy) is 2. The summed E-state index contributed by atoms with van der Waals surface area (Å²) in [6.45, 7) is 2.00. The minimum atomic E-state index is -0.903. The van der Waals surface area contributed by atoms with Crippen LogP contribution in [0, 0.1) is 0 Å². The van der Waals surface area contributed by atoms with E-state index in [0.29, 0.717) is 22.6 Å². The number of amides is 4. The zero-order valence-corrected chi connectivity index (χ0v) is 19.4. The van der Waals surface area contributed by atoms with Crippen LogP contribution in [0.5, 0.6) is 5.75 Å². The number of methoxy groups -OCH3 is 1. The lowest BCUT2D eigenvalue weighted by Gasteiger charge is -2.26. The molecule has 0 unspecified atom stereocenters. The number of rotatable bonds is 6. The van der Waals surface area contributed by atoms with Gasteiger partial charge in [0.15, 0.2) is 0 Å². The molecule has 10 heteroatoms. The largest absolute Gasteiger partial charge is 0.495 e. The molecule has 178 valence electrons. The van der Waals surface area contributed by atoms with Gasteiger partial charge in [-0.3, -0.25) is 14.9 Å². The van der Waals surface area contributed by atoms with Gasteiger partial charge in [0.2, 0.25) is 0 Å². The standard InChI is InChI=1S/C25H19ClN2O7/c1-3-34-24(31)15-6-4-14(5-7-15)20-11-9-17(35-20)13-18-22(29)27-25(32)28(23(18)30)16-8-10-21(33-2)19(26)12-16/h4-13H,3H2,1-2H3,(H,27,29,32)/b18-13-. The van der Waals surface area contributed by atoms with Crippen molar-refractivity contribution in [3.05, 3.63) is 76.5 Å². The highest BCUT2D eigenvalue weighted by Gasteiger charge is 2.37. The minimum absolute atomic E-state index is 0.165. The average Bonchev–Trinajstić information content (AvgIpc) is 3.31. The van der Waals surface area contributed by atoms with Crippen LogP contribution >= 0.6 is 11.6 Å². The number of anilines is 1. The molecule has 0 aliphatic carbocycles.